The highest BCUT2D eigenvalue weighted by atomic mass is 19.4. The summed E-state index contributed by atoms with van der Waals surface area (Å²) < 4.78 is 54.4. The molecule has 2 N–H and O–H groups in total. The SMILES string of the molecule is O=C(CCC(F)(F)F)N1CC[C@@](O)(Cn2cc(C(=O)N3CCNCC3)c(-c3ccccc3F)cc2=O)C2(CCCC2)C1. The number of benzene rings is 1. The first-order valence-electron chi connectivity index (χ1n) is 14.5. The maximum atomic E-state index is 14.9. The molecule has 2 amide bonds. The van der Waals surface area contributed by atoms with E-state index < -0.39 is 47.3 Å². The second kappa shape index (κ2) is 11.8. The lowest BCUT2D eigenvalue weighted by molar-refractivity contribution is -0.166. The third-order valence-corrected chi connectivity index (χ3v) is 9.17. The lowest BCUT2D eigenvalue weighted by Gasteiger charge is -2.52. The van der Waals surface area contributed by atoms with Gasteiger partial charge in [-0.3, -0.25) is 14.4 Å². The van der Waals surface area contributed by atoms with Crippen LogP contribution in [0.5, 0.6) is 0 Å². The molecule has 2 aliphatic heterocycles. The predicted octanol–water partition coefficient (Wildman–Crippen LogP) is 3.57. The van der Waals surface area contributed by atoms with Crippen LogP contribution in [0, 0.1) is 11.2 Å². The Labute approximate surface area is 241 Å². The smallest absolute Gasteiger partial charge is 0.387 e. The molecular formula is C30H36F4N4O4. The molecule has 228 valence electrons. The lowest BCUT2D eigenvalue weighted by atomic mass is 9.65. The summed E-state index contributed by atoms with van der Waals surface area (Å²) in [6.45, 7) is 2.09. The molecule has 2 aromatic rings. The van der Waals surface area contributed by atoms with Crippen LogP contribution in [0.4, 0.5) is 17.6 Å². The molecule has 42 heavy (non-hydrogen) atoms. The number of alkyl halides is 3. The molecule has 1 saturated carbocycles. The van der Waals surface area contributed by atoms with Gasteiger partial charge in [-0.2, -0.15) is 13.2 Å². The average molecular weight is 593 g/mol. The van der Waals surface area contributed by atoms with E-state index >= 15 is 0 Å². The number of likely N-dealkylation sites (tertiary alicyclic amines) is 1. The average Bonchev–Trinajstić information content (AvgIpc) is 3.44. The third-order valence-electron chi connectivity index (χ3n) is 9.17. The number of halogens is 4. The van der Waals surface area contributed by atoms with Crippen LogP contribution in [0.15, 0.2) is 41.3 Å². The molecule has 0 radical (unpaired) electrons. The fraction of sp³-hybridized carbons (Fsp3) is 0.567. The minimum atomic E-state index is -4.44. The molecule has 1 aromatic heterocycles. The molecule has 1 spiro atoms. The van der Waals surface area contributed by atoms with Crippen molar-refractivity contribution in [3.63, 3.8) is 0 Å². The summed E-state index contributed by atoms with van der Waals surface area (Å²) in [6.07, 6.45) is -2.14. The van der Waals surface area contributed by atoms with Crippen LogP contribution in [0.2, 0.25) is 0 Å². The molecule has 1 aliphatic carbocycles. The summed E-state index contributed by atoms with van der Waals surface area (Å²) in [5.74, 6) is -1.53. The summed E-state index contributed by atoms with van der Waals surface area (Å²) in [7, 11) is 0. The van der Waals surface area contributed by atoms with Gasteiger partial charge in [-0.05, 0) is 25.3 Å². The Morgan fingerprint density at radius 3 is 2.33 bits per heavy atom. The van der Waals surface area contributed by atoms with Gasteiger partial charge in [-0.25, -0.2) is 4.39 Å². The molecule has 3 heterocycles. The van der Waals surface area contributed by atoms with Crippen LogP contribution in [0.1, 0.15) is 55.3 Å². The molecule has 8 nitrogen and oxygen atoms in total. The van der Waals surface area contributed by atoms with E-state index in [2.05, 4.69) is 5.32 Å². The summed E-state index contributed by atoms with van der Waals surface area (Å²) >= 11 is 0. The number of hydrogen-bond acceptors (Lipinski definition) is 5. The van der Waals surface area contributed by atoms with Crippen LogP contribution in [0.25, 0.3) is 11.1 Å². The van der Waals surface area contributed by atoms with Gasteiger partial charge in [0.1, 0.15) is 5.82 Å². The third kappa shape index (κ3) is 6.10. The Morgan fingerprint density at radius 2 is 1.67 bits per heavy atom. The monoisotopic (exact) mass is 592 g/mol. The molecule has 12 heteroatoms. The fourth-order valence-electron chi connectivity index (χ4n) is 6.81. The van der Waals surface area contributed by atoms with Crippen molar-refractivity contribution in [2.24, 2.45) is 5.41 Å². The van der Waals surface area contributed by atoms with Gasteiger partial charge in [0, 0.05) is 74.5 Å². The van der Waals surface area contributed by atoms with Crippen molar-refractivity contribution in [2.45, 2.75) is 63.3 Å². The number of nitrogens with one attached hydrogen (secondary N) is 1. The molecule has 5 rings (SSSR count). The summed E-state index contributed by atoms with van der Waals surface area (Å²) in [6, 6.07) is 7.15. The zero-order valence-corrected chi connectivity index (χ0v) is 23.4. The normalized spacial score (nSPS) is 22.5. The van der Waals surface area contributed by atoms with Gasteiger partial charge in [-0.1, -0.05) is 31.0 Å². The predicted molar refractivity (Wildman–Crippen MR) is 147 cm³/mol. The van der Waals surface area contributed by atoms with Crippen molar-refractivity contribution in [3.05, 3.63) is 58.3 Å². The van der Waals surface area contributed by atoms with E-state index in [0.29, 0.717) is 39.0 Å². The van der Waals surface area contributed by atoms with Gasteiger partial charge in [0.15, 0.2) is 0 Å². The van der Waals surface area contributed by atoms with Gasteiger partial charge >= 0.3 is 6.18 Å². The number of piperazine rings is 1. The van der Waals surface area contributed by atoms with Crippen LogP contribution in [0.3, 0.4) is 0 Å². The molecule has 1 atom stereocenters. The quantitative estimate of drug-likeness (QED) is 0.501. The molecule has 0 unspecified atom stereocenters. The molecule has 2 saturated heterocycles. The second-order valence-corrected chi connectivity index (χ2v) is 11.8. The number of carbonyl (C=O) groups is 2. The van der Waals surface area contributed by atoms with Crippen molar-refractivity contribution >= 4 is 11.8 Å². The summed E-state index contributed by atoms with van der Waals surface area (Å²) in [5, 5.41) is 15.3. The number of carbonyl (C=O) groups excluding carboxylic acids is 2. The van der Waals surface area contributed by atoms with Gasteiger partial charge in [0.05, 0.1) is 24.1 Å². The highest BCUT2D eigenvalue weighted by molar-refractivity contribution is 6.00. The standard InChI is InChI=1S/C30H36F4N4O4/c31-24-6-2-1-5-21(24)22-17-26(40)38(18-23(22)27(41)36-15-12-35-13-16-36)20-29(42)11-14-37(19-28(29)8-3-4-9-28)25(39)7-10-30(32,33)34/h1-2,5-6,17-18,35,42H,3-4,7-16,19-20H2/t29-/m1/s1. The van der Waals surface area contributed by atoms with Crippen LogP contribution in [-0.2, 0) is 11.3 Å². The van der Waals surface area contributed by atoms with Gasteiger partial charge < -0.3 is 24.8 Å². The number of pyridine rings is 1. The lowest BCUT2D eigenvalue weighted by Crippen LogP contribution is -2.62. The zero-order chi connectivity index (χ0) is 30.1. The van der Waals surface area contributed by atoms with Crippen molar-refractivity contribution in [3.8, 4) is 11.1 Å². The van der Waals surface area contributed by atoms with Crippen LogP contribution >= 0.6 is 0 Å². The number of aromatic nitrogens is 1. The first-order chi connectivity index (χ1) is 19.9. The van der Waals surface area contributed by atoms with Crippen LogP contribution in [-0.4, -0.2) is 82.3 Å². The van der Waals surface area contributed by atoms with Gasteiger partial charge in [-0.15, -0.1) is 0 Å². The first kappa shape index (κ1) is 30.2. The largest absolute Gasteiger partial charge is 0.389 e. The molecule has 0 bridgehead atoms. The maximum absolute atomic E-state index is 14.9. The van der Waals surface area contributed by atoms with Gasteiger partial charge in [0.25, 0.3) is 11.5 Å². The zero-order valence-electron chi connectivity index (χ0n) is 23.4. The Kier molecular flexibility index (Phi) is 8.48. The minimum absolute atomic E-state index is 0.0591. The summed E-state index contributed by atoms with van der Waals surface area (Å²) in [5.41, 5.74) is -2.32. The second-order valence-electron chi connectivity index (χ2n) is 11.8. The van der Waals surface area contributed by atoms with E-state index in [1.165, 1.54) is 39.9 Å². The Hall–Kier alpha value is -3.25. The number of nitrogens with zero attached hydrogens (tertiary/aromatic N) is 3. The van der Waals surface area contributed by atoms with Gasteiger partial charge in [0.2, 0.25) is 5.91 Å². The number of hydrogen-bond donors (Lipinski definition) is 2. The van der Waals surface area contributed by atoms with Crippen LogP contribution < -0.4 is 10.9 Å². The number of aliphatic hydroxyl groups is 1. The van der Waals surface area contributed by atoms with E-state index in [4.69, 9.17) is 0 Å². The Bertz CT molecular complexity index is 1380. The Balaban J connectivity index is 1.48. The molecular weight excluding hydrogens is 556 g/mol. The minimum Gasteiger partial charge on any atom is -0.387 e. The number of rotatable bonds is 6. The Morgan fingerprint density at radius 1 is 0.976 bits per heavy atom. The van der Waals surface area contributed by atoms with Crippen molar-refractivity contribution in [1.82, 2.24) is 19.7 Å². The highest BCUT2D eigenvalue weighted by Crippen LogP contribution is 2.51. The first-order valence-corrected chi connectivity index (χ1v) is 14.5. The highest BCUT2D eigenvalue weighted by Gasteiger charge is 2.55. The fourth-order valence-corrected chi connectivity index (χ4v) is 6.81. The molecule has 3 aliphatic rings. The van der Waals surface area contributed by atoms with E-state index in [-0.39, 0.29) is 48.7 Å². The topological polar surface area (TPSA) is 94.9 Å². The van der Waals surface area contributed by atoms with E-state index in [9.17, 15) is 37.1 Å². The maximum Gasteiger partial charge on any atom is 0.389 e. The van der Waals surface area contributed by atoms with Crippen molar-refractivity contribution < 1.29 is 32.3 Å². The van der Waals surface area contributed by atoms with E-state index in [0.717, 1.165) is 12.8 Å². The van der Waals surface area contributed by atoms with Crippen molar-refractivity contribution in [1.29, 1.82) is 0 Å². The summed E-state index contributed by atoms with van der Waals surface area (Å²) in [4.78, 5) is 42.9. The van der Waals surface area contributed by atoms with E-state index in [1.54, 1.807) is 11.0 Å². The number of piperidine rings is 1. The molecule has 1 aromatic carbocycles. The van der Waals surface area contributed by atoms with E-state index in [1.807, 2.05) is 0 Å². The van der Waals surface area contributed by atoms with Crippen molar-refractivity contribution in [2.75, 3.05) is 39.3 Å². The molecule has 3 fully saturated rings. The number of amides is 2.